The van der Waals surface area contributed by atoms with E-state index in [1.165, 1.54) is 0 Å². The molecule has 0 bridgehead atoms. The van der Waals surface area contributed by atoms with E-state index in [0.29, 0.717) is 6.54 Å². The van der Waals surface area contributed by atoms with Gasteiger partial charge in [-0.25, -0.2) is 5.48 Å². The second-order valence-corrected chi connectivity index (χ2v) is 2.52. The second-order valence-electron chi connectivity index (χ2n) is 2.52. The Balaban J connectivity index is 2.18. The van der Waals surface area contributed by atoms with E-state index < -0.39 is 0 Å². The first-order valence-electron chi connectivity index (χ1n) is 3.63. The molecule has 1 aliphatic rings. The standard InChI is InChI=1S/C6H15N3O/c1-9(5-3-7)6-2-4-8-10-6/h6,8H,2-5,7H2,1H3. The zero-order chi connectivity index (χ0) is 7.40. The highest BCUT2D eigenvalue weighted by Gasteiger charge is 2.18. The zero-order valence-electron chi connectivity index (χ0n) is 6.34. The third-order valence-corrected chi connectivity index (χ3v) is 1.69. The van der Waals surface area contributed by atoms with Gasteiger partial charge in [-0.1, -0.05) is 0 Å². The number of nitrogens with two attached hydrogens (primary N) is 1. The molecule has 0 aromatic rings. The first-order valence-corrected chi connectivity index (χ1v) is 3.63. The van der Waals surface area contributed by atoms with Crippen molar-refractivity contribution in [3.63, 3.8) is 0 Å². The van der Waals surface area contributed by atoms with E-state index in [1.54, 1.807) is 0 Å². The SMILES string of the molecule is CN(CCN)C1CCNO1. The molecule has 0 aromatic carbocycles. The van der Waals surface area contributed by atoms with Crippen molar-refractivity contribution in [1.29, 1.82) is 0 Å². The summed E-state index contributed by atoms with van der Waals surface area (Å²) in [6, 6.07) is 0. The molecule has 0 spiro atoms. The molecule has 1 heterocycles. The number of nitrogens with one attached hydrogen (secondary N) is 1. The first kappa shape index (κ1) is 7.94. The number of nitrogens with zero attached hydrogens (tertiary/aromatic N) is 1. The average molecular weight is 145 g/mol. The smallest absolute Gasteiger partial charge is 0.133 e. The van der Waals surface area contributed by atoms with Crippen LogP contribution >= 0.6 is 0 Å². The van der Waals surface area contributed by atoms with Gasteiger partial charge in [-0.2, -0.15) is 0 Å². The average Bonchev–Trinajstić information content (AvgIpc) is 2.38. The van der Waals surface area contributed by atoms with Crippen LogP contribution in [-0.4, -0.2) is 37.8 Å². The third-order valence-electron chi connectivity index (χ3n) is 1.69. The molecule has 10 heavy (non-hydrogen) atoms. The lowest BCUT2D eigenvalue weighted by molar-refractivity contribution is -0.0513. The van der Waals surface area contributed by atoms with Gasteiger partial charge < -0.3 is 5.73 Å². The van der Waals surface area contributed by atoms with Crippen LogP contribution in [0, 0.1) is 0 Å². The van der Waals surface area contributed by atoms with Crippen LogP contribution < -0.4 is 11.2 Å². The first-order chi connectivity index (χ1) is 4.84. The summed E-state index contributed by atoms with van der Waals surface area (Å²) in [6.45, 7) is 2.53. The van der Waals surface area contributed by atoms with Crippen LogP contribution in [0.5, 0.6) is 0 Å². The lowest BCUT2D eigenvalue weighted by atomic mass is 10.3. The van der Waals surface area contributed by atoms with Crippen molar-refractivity contribution in [3.8, 4) is 0 Å². The molecule has 1 saturated heterocycles. The van der Waals surface area contributed by atoms with Crippen molar-refractivity contribution in [2.24, 2.45) is 5.73 Å². The maximum Gasteiger partial charge on any atom is 0.133 e. The molecule has 1 atom stereocenters. The highest BCUT2D eigenvalue weighted by Crippen LogP contribution is 2.05. The molecule has 1 rings (SSSR count). The molecule has 1 unspecified atom stereocenters. The predicted octanol–water partition coefficient (Wildman–Crippen LogP) is -0.872. The van der Waals surface area contributed by atoms with E-state index in [2.05, 4.69) is 10.4 Å². The van der Waals surface area contributed by atoms with Gasteiger partial charge in [-0.05, 0) is 7.05 Å². The van der Waals surface area contributed by atoms with Crippen LogP contribution in [0.2, 0.25) is 0 Å². The molecule has 0 radical (unpaired) electrons. The third kappa shape index (κ3) is 1.91. The van der Waals surface area contributed by atoms with Crippen molar-refractivity contribution in [1.82, 2.24) is 10.4 Å². The Morgan fingerprint density at radius 2 is 2.60 bits per heavy atom. The van der Waals surface area contributed by atoms with Crippen LogP contribution in [0.1, 0.15) is 6.42 Å². The van der Waals surface area contributed by atoms with Crippen LogP contribution in [-0.2, 0) is 4.84 Å². The minimum Gasteiger partial charge on any atom is -0.329 e. The summed E-state index contributed by atoms with van der Waals surface area (Å²) in [4.78, 5) is 7.30. The summed E-state index contributed by atoms with van der Waals surface area (Å²) in [5.41, 5.74) is 8.21. The van der Waals surface area contributed by atoms with Crippen molar-refractivity contribution in [2.45, 2.75) is 12.6 Å². The van der Waals surface area contributed by atoms with E-state index in [9.17, 15) is 0 Å². The summed E-state index contributed by atoms with van der Waals surface area (Å²) in [7, 11) is 2.02. The van der Waals surface area contributed by atoms with Crippen LogP contribution in [0.15, 0.2) is 0 Å². The summed E-state index contributed by atoms with van der Waals surface area (Å²) in [5.74, 6) is 0. The topological polar surface area (TPSA) is 50.5 Å². The molecule has 0 amide bonds. The lowest BCUT2D eigenvalue weighted by Crippen LogP contribution is -2.35. The molecule has 60 valence electrons. The normalized spacial score (nSPS) is 26.1. The number of likely N-dealkylation sites (N-methyl/N-ethyl adjacent to an activating group) is 1. The Morgan fingerprint density at radius 1 is 1.80 bits per heavy atom. The molecular weight excluding hydrogens is 130 g/mol. The van der Waals surface area contributed by atoms with Gasteiger partial charge in [0.2, 0.25) is 0 Å². The van der Waals surface area contributed by atoms with E-state index in [0.717, 1.165) is 19.5 Å². The minimum atomic E-state index is 0.226. The Bertz CT molecular complexity index is 93.0. The highest BCUT2D eigenvalue weighted by molar-refractivity contribution is 4.63. The van der Waals surface area contributed by atoms with Gasteiger partial charge in [-0.15, -0.1) is 0 Å². The largest absolute Gasteiger partial charge is 0.329 e. The Kier molecular flexibility index (Phi) is 3.08. The zero-order valence-corrected chi connectivity index (χ0v) is 6.34. The van der Waals surface area contributed by atoms with E-state index in [4.69, 9.17) is 10.6 Å². The molecule has 1 fully saturated rings. The van der Waals surface area contributed by atoms with Gasteiger partial charge in [0.1, 0.15) is 6.23 Å². The molecule has 0 aliphatic carbocycles. The van der Waals surface area contributed by atoms with Gasteiger partial charge in [0, 0.05) is 26.1 Å². The Hall–Kier alpha value is -0.160. The van der Waals surface area contributed by atoms with Gasteiger partial charge in [-0.3, -0.25) is 9.74 Å². The van der Waals surface area contributed by atoms with Gasteiger partial charge in [0.25, 0.3) is 0 Å². The van der Waals surface area contributed by atoms with Gasteiger partial charge in [0.15, 0.2) is 0 Å². The lowest BCUT2D eigenvalue weighted by Gasteiger charge is -2.20. The molecule has 1 aliphatic heterocycles. The predicted molar refractivity (Wildman–Crippen MR) is 39.2 cm³/mol. The maximum absolute atomic E-state index is 5.38. The fourth-order valence-electron chi connectivity index (χ4n) is 1.05. The number of rotatable bonds is 3. The summed E-state index contributed by atoms with van der Waals surface area (Å²) < 4.78 is 0. The van der Waals surface area contributed by atoms with E-state index >= 15 is 0 Å². The van der Waals surface area contributed by atoms with E-state index in [-0.39, 0.29) is 6.23 Å². The quantitative estimate of drug-likeness (QED) is 0.542. The van der Waals surface area contributed by atoms with Gasteiger partial charge >= 0.3 is 0 Å². The number of hydrogen-bond acceptors (Lipinski definition) is 4. The second kappa shape index (κ2) is 3.88. The Morgan fingerprint density at radius 3 is 3.10 bits per heavy atom. The number of hydrogen-bond donors (Lipinski definition) is 2. The van der Waals surface area contributed by atoms with Crippen LogP contribution in [0.4, 0.5) is 0 Å². The van der Waals surface area contributed by atoms with Crippen molar-refractivity contribution in [2.75, 3.05) is 26.7 Å². The van der Waals surface area contributed by atoms with E-state index in [1.807, 2.05) is 7.05 Å². The Labute approximate surface area is 61.3 Å². The molecule has 3 N–H and O–H groups in total. The fraction of sp³-hybridized carbons (Fsp3) is 1.00. The molecule has 4 heteroatoms. The summed E-state index contributed by atoms with van der Waals surface area (Å²) in [5, 5.41) is 0. The van der Waals surface area contributed by atoms with Crippen molar-refractivity contribution >= 4 is 0 Å². The van der Waals surface area contributed by atoms with Gasteiger partial charge in [0.05, 0.1) is 0 Å². The summed E-state index contributed by atoms with van der Waals surface area (Å²) >= 11 is 0. The molecule has 0 aromatic heterocycles. The van der Waals surface area contributed by atoms with Crippen molar-refractivity contribution < 1.29 is 4.84 Å². The van der Waals surface area contributed by atoms with Crippen LogP contribution in [0.3, 0.4) is 0 Å². The monoisotopic (exact) mass is 145 g/mol. The fourth-order valence-corrected chi connectivity index (χ4v) is 1.05. The number of hydroxylamine groups is 1. The molecular formula is C6H15N3O. The van der Waals surface area contributed by atoms with Crippen molar-refractivity contribution in [3.05, 3.63) is 0 Å². The molecule has 4 nitrogen and oxygen atoms in total. The molecule has 0 saturated carbocycles. The summed E-state index contributed by atoms with van der Waals surface area (Å²) in [6.07, 6.45) is 1.28. The van der Waals surface area contributed by atoms with Crippen LogP contribution in [0.25, 0.3) is 0 Å². The minimum absolute atomic E-state index is 0.226. The maximum atomic E-state index is 5.38. The highest BCUT2D eigenvalue weighted by atomic mass is 16.7.